The van der Waals surface area contributed by atoms with Gasteiger partial charge < -0.3 is 10.6 Å². The van der Waals surface area contributed by atoms with Crippen LogP contribution in [-0.4, -0.2) is 50.1 Å². The van der Waals surface area contributed by atoms with E-state index < -0.39 is 16.1 Å². The quantitative estimate of drug-likeness (QED) is 0.773. The Kier molecular flexibility index (Phi) is 5.23. The van der Waals surface area contributed by atoms with Gasteiger partial charge in [-0.15, -0.1) is 0 Å². The van der Waals surface area contributed by atoms with Gasteiger partial charge in [-0.3, -0.25) is 19.3 Å². The molecule has 2 aliphatic heterocycles. The normalized spacial score (nSPS) is 21.7. The molecule has 146 valence electrons. The monoisotopic (exact) mass is 392 g/mol. The molecule has 1 saturated heterocycles. The molecule has 0 spiro atoms. The number of piperidine rings is 1. The van der Waals surface area contributed by atoms with Crippen LogP contribution in [0.15, 0.2) is 34.2 Å². The van der Waals surface area contributed by atoms with E-state index in [1.54, 1.807) is 23.1 Å². The van der Waals surface area contributed by atoms with Crippen molar-refractivity contribution in [3.05, 3.63) is 29.8 Å². The maximum Gasteiger partial charge on any atom is 0.263 e. The average molecular weight is 392 g/mol. The second-order valence-corrected chi connectivity index (χ2v) is 8.92. The zero-order valence-corrected chi connectivity index (χ0v) is 16.2. The lowest BCUT2D eigenvalue weighted by Crippen LogP contribution is -2.47. The number of sulfonamides is 1. The van der Waals surface area contributed by atoms with Crippen LogP contribution in [0.2, 0.25) is 0 Å². The molecule has 0 aliphatic carbocycles. The number of nitrogens with one attached hydrogen (secondary N) is 1. The number of hydrogen-bond acceptors (Lipinski definition) is 5. The molecule has 1 aromatic carbocycles. The maximum atomic E-state index is 13.0. The molecule has 0 radical (unpaired) electrons. The van der Waals surface area contributed by atoms with Crippen LogP contribution in [0.25, 0.3) is 0 Å². The molecule has 3 rings (SSSR count). The fourth-order valence-electron chi connectivity index (χ4n) is 3.43. The van der Waals surface area contributed by atoms with Crippen molar-refractivity contribution in [1.29, 1.82) is 0 Å². The van der Waals surface area contributed by atoms with Crippen LogP contribution in [0.4, 0.5) is 0 Å². The van der Waals surface area contributed by atoms with Crippen LogP contribution in [0.5, 0.6) is 0 Å². The zero-order chi connectivity index (χ0) is 19.8. The first-order chi connectivity index (χ1) is 12.7. The number of benzene rings is 1. The summed E-state index contributed by atoms with van der Waals surface area (Å²) >= 11 is 0. The van der Waals surface area contributed by atoms with Gasteiger partial charge >= 0.3 is 0 Å². The van der Waals surface area contributed by atoms with E-state index in [0.29, 0.717) is 31.5 Å². The Morgan fingerprint density at radius 1 is 1.22 bits per heavy atom. The van der Waals surface area contributed by atoms with Crippen molar-refractivity contribution in [3.8, 4) is 0 Å². The summed E-state index contributed by atoms with van der Waals surface area (Å²) in [5.41, 5.74) is 5.82. The van der Waals surface area contributed by atoms with Crippen LogP contribution < -0.4 is 10.5 Å². The van der Waals surface area contributed by atoms with Gasteiger partial charge in [0.2, 0.25) is 11.8 Å². The third kappa shape index (κ3) is 3.83. The molecule has 9 heteroatoms. The van der Waals surface area contributed by atoms with Gasteiger partial charge in [-0.25, -0.2) is 8.42 Å². The van der Waals surface area contributed by atoms with E-state index in [-0.39, 0.29) is 34.4 Å². The summed E-state index contributed by atoms with van der Waals surface area (Å²) in [7, 11) is -3.65. The standard InChI is InChI=1S/C18H24N4O4S/c1-11(2)15(18(24)22-9-7-12(8-10-22)16(19)23)20-17-13-5-3-4-6-14(13)27(25,26)21-17/h3-6,11-12,15H,7-10H2,1-2H3,(H2,19,23)(H,20,21)/t15-/m0/s1. The fourth-order valence-corrected chi connectivity index (χ4v) is 4.67. The van der Waals surface area contributed by atoms with Crippen LogP contribution in [0.1, 0.15) is 32.3 Å². The maximum absolute atomic E-state index is 13.0. The molecule has 1 fully saturated rings. The molecule has 8 nitrogen and oxygen atoms in total. The summed E-state index contributed by atoms with van der Waals surface area (Å²) in [6, 6.07) is 5.86. The minimum Gasteiger partial charge on any atom is -0.369 e. The van der Waals surface area contributed by atoms with Gasteiger partial charge in [-0.2, -0.15) is 0 Å². The third-order valence-corrected chi connectivity index (χ3v) is 6.42. The summed E-state index contributed by atoms with van der Waals surface area (Å²) in [4.78, 5) is 30.7. The Balaban J connectivity index is 1.84. The van der Waals surface area contributed by atoms with E-state index >= 15 is 0 Å². The summed E-state index contributed by atoms with van der Waals surface area (Å²) in [5, 5.41) is 0. The number of amides is 2. The largest absolute Gasteiger partial charge is 0.369 e. The van der Waals surface area contributed by atoms with Crippen molar-refractivity contribution >= 4 is 27.7 Å². The molecular weight excluding hydrogens is 368 g/mol. The Morgan fingerprint density at radius 3 is 2.44 bits per heavy atom. The first-order valence-electron chi connectivity index (χ1n) is 8.99. The molecule has 2 aliphatic rings. The third-order valence-electron chi connectivity index (χ3n) is 5.02. The first-order valence-corrected chi connectivity index (χ1v) is 10.5. The molecule has 2 heterocycles. The lowest BCUT2D eigenvalue weighted by Gasteiger charge is -2.33. The van der Waals surface area contributed by atoms with Crippen molar-refractivity contribution in [1.82, 2.24) is 9.62 Å². The second kappa shape index (κ2) is 7.30. The van der Waals surface area contributed by atoms with Crippen LogP contribution in [0.3, 0.4) is 0 Å². The summed E-state index contributed by atoms with van der Waals surface area (Å²) in [6.45, 7) is 4.64. The highest BCUT2D eigenvalue weighted by Gasteiger charge is 2.35. The van der Waals surface area contributed by atoms with Crippen LogP contribution in [0, 0.1) is 11.8 Å². The molecule has 0 aromatic heterocycles. The fraction of sp³-hybridized carbons (Fsp3) is 0.500. The number of likely N-dealkylation sites (tertiary alicyclic amines) is 1. The minimum absolute atomic E-state index is 0.115. The Labute approximate surface area is 158 Å². The van der Waals surface area contributed by atoms with Gasteiger partial charge in [0.05, 0.1) is 4.90 Å². The van der Waals surface area contributed by atoms with Crippen LogP contribution in [-0.2, 0) is 19.6 Å². The number of hydrogen-bond donors (Lipinski definition) is 2. The summed E-state index contributed by atoms with van der Waals surface area (Å²) in [5.74, 6) is -0.615. The average Bonchev–Trinajstić information content (AvgIpc) is 2.90. The minimum atomic E-state index is -3.65. The highest BCUT2D eigenvalue weighted by molar-refractivity contribution is 7.90. The van der Waals surface area contributed by atoms with E-state index in [9.17, 15) is 18.0 Å². The van der Waals surface area contributed by atoms with Gasteiger partial charge in [0.15, 0.2) is 0 Å². The SMILES string of the molecule is CC(C)[C@H](N=C1NS(=O)(=O)c2ccccc21)C(=O)N1CCC(C(N)=O)CC1. The topological polar surface area (TPSA) is 122 Å². The molecule has 3 N–H and O–H groups in total. The molecule has 2 amide bonds. The van der Waals surface area contributed by atoms with E-state index in [1.807, 2.05) is 13.8 Å². The molecule has 0 saturated carbocycles. The number of nitrogens with zero attached hydrogens (tertiary/aromatic N) is 2. The van der Waals surface area contributed by atoms with Crippen molar-refractivity contribution in [3.63, 3.8) is 0 Å². The molecule has 1 aromatic rings. The highest BCUT2D eigenvalue weighted by atomic mass is 32.2. The predicted octanol–water partition coefficient (Wildman–Crippen LogP) is 0.474. The first kappa shape index (κ1) is 19.3. The Hall–Kier alpha value is -2.42. The lowest BCUT2D eigenvalue weighted by molar-refractivity contribution is -0.136. The molecular formula is C18H24N4O4S. The van der Waals surface area contributed by atoms with E-state index in [2.05, 4.69) is 9.71 Å². The van der Waals surface area contributed by atoms with Crippen LogP contribution >= 0.6 is 0 Å². The van der Waals surface area contributed by atoms with E-state index in [4.69, 9.17) is 5.73 Å². The van der Waals surface area contributed by atoms with E-state index in [0.717, 1.165) is 0 Å². The number of carbonyl (C=O) groups is 2. The molecule has 27 heavy (non-hydrogen) atoms. The Morgan fingerprint density at radius 2 is 1.85 bits per heavy atom. The molecule has 1 atom stereocenters. The number of aliphatic imine (C=N–C) groups is 1. The molecule has 0 bridgehead atoms. The Bertz CT molecular complexity index is 886. The predicted molar refractivity (Wildman–Crippen MR) is 100 cm³/mol. The number of rotatable bonds is 4. The van der Waals surface area contributed by atoms with Gasteiger partial charge in [-0.05, 0) is 30.9 Å². The van der Waals surface area contributed by atoms with Gasteiger partial charge in [0.25, 0.3) is 10.0 Å². The van der Waals surface area contributed by atoms with E-state index in [1.165, 1.54) is 6.07 Å². The van der Waals surface area contributed by atoms with Gasteiger partial charge in [-0.1, -0.05) is 26.0 Å². The number of nitrogens with two attached hydrogens (primary N) is 1. The number of primary amides is 1. The van der Waals surface area contributed by atoms with Crippen molar-refractivity contribution in [2.75, 3.05) is 13.1 Å². The van der Waals surface area contributed by atoms with Gasteiger partial charge in [0, 0.05) is 24.6 Å². The summed E-state index contributed by atoms with van der Waals surface area (Å²) < 4.78 is 27.0. The second-order valence-electron chi connectivity index (χ2n) is 7.27. The zero-order valence-electron chi connectivity index (χ0n) is 15.4. The molecule has 0 unspecified atom stereocenters. The van der Waals surface area contributed by atoms with Crippen molar-refractivity contribution in [2.45, 2.75) is 37.6 Å². The van der Waals surface area contributed by atoms with Crippen molar-refractivity contribution in [2.24, 2.45) is 22.6 Å². The number of amidine groups is 1. The summed E-state index contributed by atoms with van der Waals surface area (Å²) in [6.07, 6.45) is 1.08. The van der Waals surface area contributed by atoms with Gasteiger partial charge in [0.1, 0.15) is 11.9 Å². The lowest BCUT2D eigenvalue weighted by atomic mass is 9.94. The van der Waals surface area contributed by atoms with Crippen molar-refractivity contribution < 1.29 is 18.0 Å². The number of carbonyl (C=O) groups excluding carboxylic acids is 2. The highest BCUT2D eigenvalue weighted by Crippen LogP contribution is 2.25. The number of fused-ring (bicyclic) bond motifs is 1. The smallest absolute Gasteiger partial charge is 0.263 e.